The molecule has 0 amide bonds. The molecule has 0 aromatic heterocycles. The molecule has 0 aliphatic heterocycles. The second kappa shape index (κ2) is 7.79. The molecule has 1 atom stereocenters. The van der Waals surface area contributed by atoms with E-state index in [4.69, 9.17) is 5.73 Å². The van der Waals surface area contributed by atoms with Gasteiger partial charge < -0.3 is 5.73 Å². The van der Waals surface area contributed by atoms with Crippen molar-refractivity contribution >= 4 is 5.69 Å². The van der Waals surface area contributed by atoms with Crippen LogP contribution in [0.25, 0.3) is 0 Å². The van der Waals surface area contributed by atoms with E-state index in [0.29, 0.717) is 5.92 Å². The quantitative estimate of drug-likeness (QED) is 0.456. The molecule has 0 heterocycles. The number of nitrogen functional groups attached to an aromatic ring is 1. The van der Waals surface area contributed by atoms with Crippen LogP contribution in [0.1, 0.15) is 51.5 Å². The van der Waals surface area contributed by atoms with E-state index >= 15 is 0 Å². The number of para-hydroxylation sites is 1. The SMILES string of the molecule is CCCCCCC(C)C#Cc1ccccc1N. The van der Waals surface area contributed by atoms with Crippen molar-refractivity contribution in [2.45, 2.75) is 46.0 Å². The van der Waals surface area contributed by atoms with E-state index in [-0.39, 0.29) is 0 Å². The molecule has 0 saturated heterocycles. The molecule has 92 valence electrons. The maximum Gasteiger partial charge on any atom is 0.0474 e. The fourth-order valence-electron chi connectivity index (χ4n) is 1.76. The van der Waals surface area contributed by atoms with Gasteiger partial charge in [-0.15, -0.1) is 0 Å². The van der Waals surface area contributed by atoms with Crippen molar-refractivity contribution in [1.82, 2.24) is 0 Å². The molecule has 0 aliphatic carbocycles. The Balaban J connectivity index is 2.41. The van der Waals surface area contributed by atoms with Crippen LogP contribution in [0.3, 0.4) is 0 Å². The summed E-state index contributed by atoms with van der Waals surface area (Å²) in [6, 6.07) is 7.79. The van der Waals surface area contributed by atoms with Crippen LogP contribution in [0, 0.1) is 17.8 Å². The number of anilines is 1. The average Bonchev–Trinajstić information content (AvgIpc) is 2.34. The molecule has 17 heavy (non-hydrogen) atoms. The van der Waals surface area contributed by atoms with E-state index in [1.165, 1.54) is 32.1 Å². The van der Waals surface area contributed by atoms with Crippen molar-refractivity contribution in [3.05, 3.63) is 29.8 Å². The second-order valence-electron chi connectivity index (χ2n) is 4.61. The summed E-state index contributed by atoms with van der Waals surface area (Å²) < 4.78 is 0. The van der Waals surface area contributed by atoms with Gasteiger partial charge >= 0.3 is 0 Å². The lowest BCUT2D eigenvalue weighted by Gasteiger charge is -2.03. The van der Waals surface area contributed by atoms with Gasteiger partial charge in [0.15, 0.2) is 0 Å². The Bertz CT molecular complexity index is 384. The van der Waals surface area contributed by atoms with Crippen LogP contribution in [-0.2, 0) is 0 Å². The van der Waals surface area contributed by atoms with Gasteiger partial charge in [-0.05, 0) is 18.6 Å². The third-order valence-corrected chi connectivity index (χ3v) is 2.90. The van der Waals surface area contributed by atoms with Gasteiger partial charge in [0.05, 0.1) is 0 Å². The zero-order chi connectivity index (χ0) is 12.5. The Labute approximate surface area is 105 Å². The number of rotatable bonds is 5. The molecule has 0 aliphatic rings. The van der Waals surface area contributed by atoms with Gasteiger partial charge in [0, 0.05) is 17.2 Å². The smallest absolute Gasteiger partial charge is 0.0474 e. The molecule has 0 radical (unpaired) electrons. The second-order valence-corrected chi connectivity index (χ2v) is 4.61. The monoisotopic (exact) mass is 229 g/mol. The van der Waals surface area contributed by atoms with Crippen molar-refractivity contribution in [1.29, 1.82) is 0 Å². The Morgan fingerprint density at radius 2 is 1.94 bits per heavy atom. The number of hydrogen-bond acceptors (Lipinski definition) is 1. The van der Waals surface area contributed by atoms with Gasteiger partial charge in [-0.2, -0.15) is 0 Å². The van der Waals surface area contributed by atoms with E-state index in [1.807, 2.05) is 24.3 Å². The number of hydrogen-bond donors (Lipinski definition) is 1. The molecular weight excluding hydrogens is 206 g/mol. The first-order chi connectivity index (χ1) is 8.24. The fraction of sp³-hybridized carbons (Fsp3) is 0.500. The first-order valence-electron chi connectivity index (χ1n) is 6.60. The summed E-state index contributed by atoms with van der Waals surface area (Å²) in [7, 11) is 0. The van der Waals surface area contributed by atoms with Crippen LogP contribution in [0.15, 0.2) is 24.3 Å². The van der Waals surface area contributed by atoms with Crippen molar-refractivity contribution in [3.8, 4) is 11.8 Å². The van der Waals surface area contributed by atoms with Crippen LogP contribution in [0.4, 0.5) is 5.69 Å². The van der Waals surface area contributed by atoms with Crippen LogP contribution in [-0.4, -0.2) is 0 Å². The summed E-state index contributed by atoms with van der Waals surface area (Å²) >= 11 is 0. The maximum atomic E-state index is 5.84. The number of benzene rings is 1. The van der Waals surface area contributed by atoms with Crippen molar-refractivity contribution in [2.75, 3.05) is 5.73 Å². The first-order valence-corrected chi connectivity index (χ1v) is 6.60. The highest BCUT2D eigenvalue weighted by molar-refractivity contribution is 5.55. The lowest BCUT2D eigenvalue weighted by atomic mass is 10.0. The Hall–Kier alpha value is -1.42. The standard InChI is InChI=1S/C16H23N/c1-3-4-5-6-9-14(2)12-13-15-10-7-8-11-16(15)17/h7-8,10-11,14H,3-6,9,17H2,1-2H3. The Morgan fingerprint density at radius 3 is 2.65 bits per heavy atom. The highest BCUT2D eigenvalue weighted by Crippen LogP contribution is 2.11. The minimum atomic E-state index is 0.464. The summed E-state index contributed by atoms with van der Waals surface area (Å²) in [4.78, 5) is 0. The topological polar surface area (TPSA) is 26.0 Å². The number of unbranched alkanes of at least 4 members (excludes halogenated alkanes) is 3. The van der Waals surface area contributed by atoms with Crippen LogP contribution >= 0.6 is 0 Å². The summed E-state index contributed by atoms with van der Waals surface area (Å²) in [5, 5.41) is 0. The van der Waals surface area contributed by atoms with Gasteiger partial charge in [0.25, 0.3) is 0 Å². The maximum absolute atomic E-state index is 5.84. The van der Waals surface area contributed by atoms with E-state index in [2.05, 4.69) is 25.7 Å². The van der Waals surface area contributed by atoms with Crippen molar-refractivity contribution < 1.29 is 0 Å². The molecule has 1 rings (SSSR count). The Morgan fingerprint density at radius 1 is 1.18 bits per heavy atom. The molecule has 0 bridgehead atoms. The van der Waals surface area contributed by atoms with Crippen molar-refractivity contribution in [3.63, 3.8) is 0 Å². The average molecular weight is 229 g/mol. The van der Waals surface area contributed by atoms with Gasteiger partial charge in [-0.25, -0.2) is 0 Å². The summed E-state index contributed by atoms with van der Waals surface area (Å²) in [6.07, 6.45) is 6.44. The van der Waals surface area contributed by atoms with Crippen LogP contribution in [0.5, 0.6) is 0 Å². The molecular formula is C16H23N. The van der Waals surface area contributed by atoms with Gasteiger partial charge in [0.2, 0.25) is 0 Å². The van der Waals surface area contributed by atoms with Crippen LogP contribution < -0.4 is 5.73 Å². The largest absolute Gasteiger partial charge is 0.398 e. The molecule has 1 aromatic rings. The lowest BCUT2D eigenvalue weighted by molar-refractivity contribution is 0.571. The molecule has 2 N–H and O–H groups in total. The van der Waals surface area contributed by atoms with Gasteiger partial charge in [-0.3, -0.25) is 0 Å². The molecule has 1 unspecified atom stereocenters. The highest BCUT2D eigenvalue weighted by Gasteiger charge is 1.97. The minimum absolute atomic E-state index is 0.464. The third kappa shape index (κ3) is 5.45. The molecule has 1 heteroatoms. The van der Waals surface area contributed by atoms with Gasteiger partial charge in [-0.1, -0.05) is 63.5 Å². The normalized spacial score (nSPS) is 11.6. The Kier molecular flexibility index (Phi) is 6.25. The molecule has 0 fully saturated rings. The van der Waals surface area contributed by atoms with E-state index in [0.717, 1.165) is 11.3 Å². The third-order valence-electron chi connectivity index (χ3n) is 2.90. The van der Waals surface area contributed by atoms with E-state index < -0.39 is 0 Å². The summed E-state index contributed by atoms with van der Waals surface area (Å²) in [5.74, 6) is 6.93. The van der Waals surface area contributed by atoms with E-state index in [1.54, 1.807) is 0 Å². The minimum Gasteiger partial charge on any atom is -0.398 e. The predicted molar refractivity (Wildman–Crippen MR) is 75.7 cm³/mol. The fourth-order valence-corrected chi connectivity index (χ4v) is 1.76. The van der Waals surface area contributed by atoms with Gasteiger partial charge in [0.1, 0.15) is 0 Å². The summed E-state index contributed by atoms with van der Waals surface area (Å²) in [5.41, 5.74) is 7.57. The zero-order valence-corrected chi connectivity index (χ0v) is 11.0. The highest BCUT2D eigenvalue weighted by atomic mass is 14.5. The predicted octanol–water partition coefficient (Wildman–Crippen LogP) is 4.23. The van der Waals surface area contributed by atoms with Crippen molar-refractivity contribution in [2.24, 2.45) is 5.92 Å². The number of nitrogens with two attached hydrogens (primary N) is 1. The molecule has 1 nitrogen and oxygen atoms in total. The molecule has 0 saturated carbocycles. The lowest BCUT2D eigenvalue weighted by Crippen LogP contribution is -1.92. The summed E-state index contributed by atoms with van der Waals surface area (Å²) in [6.45, 7) is 4.43. The molecule has 1 aromatic carbocycles. The van der Waals surface area contributed by atoms with E-state index in [9.17, 15) is 0 Å². The van der Waals surface area contributed by atoms with Crippen LogP contribution in [0.2, 0.25) is 0 Å². The molecule has 0 spiro atoms. The zero-order valence-electron chi connectivity index (χ0n) is 11.0. The first kappa shape index (κ1) is 13.6.